The molecule has 2 rings (SSSR count). The Morgan fingerprint density at radius 3 is 2.88 bits per heavy atom. The standard InChI is InChI=1S/C13H19NO2/c1-9(2)10-4-3-5-11-12(10)16-7-6-13(11,15)8-14/h3-5,9,15H,6-8,14H2,1-2H3. The third-order valence-electron chi connectivity index (χ3n) is 3.27. The van der Waals surface area contributed by atoms with Gasteiger partial charge in [0.15, 0.2) is 0 Å². The second-order valence-electron chi connectivity index (χ2n) is 4.71. The van der Waals surface area contributed by atoms with Crippen LogP contribution in [0.1, 0.15) is 37.3 Å². The average molecular weight is 221 g/mol. The first kappa shape index (κ1) is 11.4. The SMILES string of the molecule is CC(C)c1cccc2c1OCCC2(O)CN. The first-order valence-electron chi connectivity index (χ1n) is 5.77. The van der Waals surface area contributed by atoms with E-state index in [2.05, 4.69) is 13.8 Å². The van der Waals surface area contributed by atoms with Gasteiger partial charge in [-0.1, -0.05) is 32.0 Å². The Kier molecular flexibility index (Phi) is 2.91. The van der Waals surface area contributed by atoms with Crippen molar-refractivity contribution in [3.63, 3.8) is 0 Å². The van der Waals surface area contributed by atoms with Crippen LogP contribution in [-0.4, -0.2) is 18.3 Å². The van der Waals surface area contributed by atoms with Crippen LogP contribution in [0.5, 0.6) is 5.75 Å². The molecule has 0 bridgehead atoms. The van der Waals surface area contributed by atoms with Crippen LogP contribution >= 0.6 is 0 Å². The topological polar surface area (TPSA) is 55.5 Å². The lowest BCUT2D eigenvalue weighted by atomic mass is 9.85. The number of aliphatic hydroxyl groups is 1. The number of fused-ring (bicyclic) bond motifs is 1. The number of ether oxygens (including phenoxy) is 1. The van der Waals surface area contributed by atoms with Gasteiger partial charge in [-0.3, -0.25) is 0 Å². The Morgan fingerprint density at radius 2 is 2.25 bits per heavy atom. The van der Waals surface area contributed by atoms with E-state index < -0.39 is 5.60 Å². The third-order valence-corrected chi connectivity index (χ3v) is 3.27. The van der Waals surface area contributed by atoms with Crippen molar-refractivity contribution < 1.29 is 9.84 Å². The van der Waals surface area contributed by atoms with E-state index in [1.54, 1.807) is 0 Å². The predicted molar refractivity (Wildman–Crippen MR) is 63.6 cm³/mol. The number of hydrogen-bond donors (Lipinski definition) is 2. The molecule has 0 aromatic heterocycles. The zero-order valence-corrected chi connectivity index (χ0v) is 9.86. The van der Waals surface area contributed by atoms with Crippen LogP contribution in [0.2, 0.25) is 0 Å². The van der Waals surface area contributed by atoms with Crippen LogP contribution in [0.4, 0.5) is 0 Å². The molecular weight excluding hydrogens is 202 g/mol. The molecule has 0 amide bonds. The maximum absolute atomic E-state index is 10.4. The van der Waals surface area contributed by atoms with Crippen molar-refractivity contribution in [1.82, 2.24) is 0 Å². The van der Waals surface area contributed by atoms with Crippen molar-refractivity contribution in [2.24, 2.45) is 5.73 Å². The Morgan fingerprint density at radius 1 is 1.50 bits per heavy atom. The minimum absolute atomic E-state index is 0.241. The summed E-state index contributed by atoms with van der Waals surface area (Å²) < 4.78 is 5.70. The maximum atomic E-state index is 10.4. The Hall–Kier alpha value is -1.06. The minimum atomic E-state index is -0.918. The van der Waals surface area contributed by atoms with Gasteiger partial charge in [-0.2, -0.15) is 0 Å². The zero-order valence-electron chi connectivity index (χ0n) is 9.86. The van der Waals surface area contributed by atoms with Gasteiger partial charge in [-0.25, -0.2) is 0 Å². The molecule has 3 heteroatoms. The lowest BCUT2D eigenvalue weighted by molar-refractivity contribution is 0.00489. The molecule has 88 valence electrons. The fraction of sp³-hybridized carbons (Fsp3) is 0.538. The average Bonchev–Trinajstić information content (AvgIpc) is 2.29. The Bertz CT molecular complexity index is 390. The van der Waals surface area contributed by atoms with Gasteiger partial charge in [-0.05, 0) is 11.5 Å². The van der Waals surface area contributed by atoms with Crippen molar-refractivity contribution in [1.29, 1.82) is 0 Å². The zero-order chi connectivity index (χ0) is 11.8. The van der Waals surface area contributed by atoms with Crippen molar-refractivity contribution in [2.75, 3.05) is 13.2 Å². The lowest BCUT2D eigenvalue weighted by Gasteiger charge is -2.34. The molecule has 1 aliphatic rings. The molecule has 1 aromatic carbocycles. The normalized spacial score (nSPS) is 24.1. The molecule has 1 aliphatic heterocycles. The summed E-state index contributed by atoms with van der Waals surface area (Å²) in [6.07, 6.45) is 0.568. The monoisotopic (exact) mass is 221 g/mol. The van der Waals surface area contributed by atoms with E-state index in [-0.39, 0.29) is 6.54 Å². The summed E-state index contributed by atoms with van der Waals surface area (Å²) in [5, 5.41) is 10.4. The highest BCUT2D eigenvalue weighted by atomic mass is 16.5. The fourth-order valence-corrected chi connectivity index (χ4v) is 2.21. The van der Waals surface area contributed by atoms with Crippen LogP contribution in [-0.2, 0) is 5.60 Å². The van der Waals surface area contributed by atoms with Gasteiger partial charge in [0.05, 0.1) is 6.61 Å². The van der Waals surface area contributed by atoms with E-state index in [4.69, 9.17) is 10.5 Å². The molecule has 0 aliphatic carbocycles. The van der Waals surface area contributed by atoms with E-state index in [1.165, 1.54) is 0 Å². The number of hydrogen-bond acceptors (Lipinski definition) is 3. The van der Waals surface area contributed by atoms with Gasteiger partial charge in [-0.15, -0.1) is 0 Å². The third kappa shape index (κ3) is 1.70. The summed E-state index contributed by atoms with van der Waals surface area (Å²) in [5.41, 5.74) is 6.74. The van der Waals surface area contributed by atoms with E-state index in [9.17, 15) is 5.11 Å². The number of nitrogens with two attached hydrogens (primary N) is 1. The number of benzene rings is 1. The molecule has 1 aromatic rings. The molecule has 0 saturated heterocycles. The summed E-state index contributed by atoms with van der Waals surface area (Å²) in [5.74, 6) is 1.21. The maximum Gasteiger partial charge on any atom is 0.128 e. The molecule has 3 N–H and O–H groups in total. The molecular formula is C13H19NO2. The van der Waals surface area contributed by atoms with Crippen molar-refractivity contribution in [3.05, 3.63) is 29.3 Å². The van der Waals surface area contributed by atoms with Gasteiger partial charge in [0.25, 0.3) is 0 Å². The second-order valence-corrected chi connectivity index (χ2v) is 4.71. The molecule has 1 unspecified atom stereocenters. The van der Waals surface area contributed by atoms with Crippen LogP contribution in [0.25, 0.3) is 0 Å². The Balaban J connectivity index is 2.55. The van der Waals surface area contributed by atoms with Crippen molar-refractivity contribution in [3.8, 4) is 5.75 Å². The first-order valence-corrected chi connectivity index (χ1v) is 5.77. The highest BCUT2D eigenvalue weighted by Gasteiger charge is 2.35. The summed E-state index contributed by atoms with van der Waals surface area (Å²) in [7, 11) is 0. The smallest absolute Gasteiger partial charge is 0.128 e. The van der Waals surface area contributed by atoms with E-state index in [1.807, 2.05) is 18.2 Å². The van der Waals surface area contributed by atoms with Gasteiger partial charge in [0.1, 0.15) is 11.4 Å². The van der Waals surface area contributed by atoms with E-state index in [0.29, 0.717) is 18.9 Å². The Labute approximate surface area is 96.2 Å². The van der Waals surface area contributed by atoms with Crippen LogP contribution in [0.15, 0.2) is 18.2 Å². The van der Waals surface area contributed by atoms with E-state index >= 15 is 0 Å². The second kappa shape index (κ2) is 4.07. The molecule has 1 atom stereocenters. The molecule has 0 fully saturated rings. The molecule has 3 nitrogen and oxygen atoms in total. The first-order chi connectivity index (χ1) is 7.58. The summed E-state index contributed by atoms with van der Waals surface area (Å²) in [6, 6.07) is 5.92. The highest BCUT2D eigenvalue weighted by Crippen LogP contribution is 2.40. The summed E-state index contributed by atoms with van der Waals surface area (Å²) >= 11 is 0. The van der Waals surface area contributed by atoms with Crippen LogP contribution in [0, 0.1) is 0 Å². The quantitative estimate of drug-likeness (QED) is 0.799. The lowest BCUT2D eigenvalue weighted by Crippen LogP contribution is -2.39. The summed E-state index contributed by atoms with van der Waals surface area (Å²) in [4.78, 5) is 0. The van der Waals surface area contributed by atoms with Gasteiger partial charge < -0.3 is 15.6 Å². The largest absolute Gasteiger partial charge is 0.493 e. The molecule has 16 heavy (non-hydrogen) atoms. The van der Waals surface area contributed by atoms with Crippen LogP contribution in [0.3, 0.4) is 0 Å². The van der Waals surface area contributed by atoms with E-state index in [0.717, 1.165) is 16.9 Å². The minimum Gasteiger partial charge on any atom is -0.493 e. The molecule has 0 radical (unpaired) electrons. The predicted octanol–water partition coefficient (Wildman–Crippen LogP) is 1.74. The van der Waals surface area contributed by atoms with Gasteiger partial charge in [0, 0.05) is 18.5 Å². The summed E-state index contributed by atoms with van der Waals surface area (Å²) in [6.45, 7) is 5.01. The van der Waals surface area contributed by atoms with Crippen molar-refractivity contribution in [2.45, 2.75) is 31.8 Å². The number of rotatable bonds is 2. The molecule has 0 spiro atoms. The van der Waals surface area contributed by atoms with Gasteiger partial charge >= 0.3 is 0 Å². The molecule has 1 heterocycles. The fourth-order valence-electron chi connectivity index (χ4n) is 2.21. The number of para-hydroxylation sites is 1. The van der Waals surface area contributed by atoms with Crippen molar-refractivity contribution >= 4 is 0 Å². The molecule has 0 saturated carbocycles. The van der Waals surface area contributed by atoms with Crippen LogP contribution < -0.4 is 10.5 Å². The highest BCUT2D eigenvalue weighted by molar-refractivity contribution is 5.47. The van der Waals surface area contributed by atoms with Gasteiger partial charge in [0.2, 0.25) is 0 Å².